The lowest BCUT2D eigenvalue weighted by atomic mass is 10.9. The van der Waals surface area contributed by atoms with Gasteiger partial charge in [0, 0.05) is 0 Å². The summed E-state index contributed by atoms with van der Waals surface area (Å²) in [6.45, 7) is 0. The van der Waals surface area contributed by atoms with Gasteiger partial charge in [-0.15, -0.1) is 5.10 Å². The van der Waals surface area contributed by atoms with Crippen LogP contribution in [-0.2, 0) is 0 Å². The topological polar surface area (TPSA) is 178 Å². The second-order valence-electron chi connectivity index (χ2n) is 1.33. The van der Waals surface area contributed by atoms with Gasteiger partial charge in [-0.3, -0.25) is 0 Å². The molecule has 0 heterocycles. The van der Waals surface area contributed by atoms with E-state index in [4.69, 9.17) is 11.6 Å². The summed E-state index contributed by atoms with van der Waals surface area (Å²) >= 11 is 0. The molecule has 0 atom stereocenters. The fourth-order valence-corrected chi connectivity index (χ4v) is 0.313. The fourth-order valence-electron chi connectivity index (χ4n) is 0.313. The molecule has 0 bridgehead atoms. The number of rotatable bonds is 0. The largest absolute Gasteiger partial charge is 0.366 e. The average molecular weight is 172 g/mol. The molecule has 0 spiro atoms. The van der Waals surface area contributed by atoms with E-state index in [9.17, 15) is 0 Å². The maximum atomic E-state index is 5.12. The highest BCUT2D eigenvalue weighted by atomic mass is 15.4. The van der Waals surface area contributed by atoms with Crippen LogP contribution < -0.4 is 23.3 Å². The lowest BCUT2D eigenvalue weighted by molar-refractivity contribution is 1.04. The van der Waals surface area contributed by atoms with Gasteiger partial charge in [-0.25, -0.2) is 0 Å². The normalized spacial score (nSPS) is 14.7. The molecule has 0 fully saturated rings. The quantitative estimate of drug-likeness (QED) is 0.110. The highest BCUT2D eigenvalue weighted by molar-refractivity contribution is 5.94. The van der Waals surface area contributed by atoms with E-state index in [0.717, 1.165) is 0 Å². The number of hydrazone groups is 1. The zero-order valence-electron chi connectivity index (χ0n) is 5.99. The molecule has 8 N–H and O–H groups in total. The van der Waals surface area contributed by atoms with Gasteiger partial charge in [0.2, 0.25) is 5.96 Å². The molecule has 0 aromatic heterocycles. The molecule has 0 radical (unpaired) electrons. The predicted octanol–water partition coefficient (Wildman–Crippen LogP) is -1.82. The molecule has 0 aromatic rings. The van der Waals surface area contributed by atoms with E-state index in [1.807, 2.05) is 0 Å². The monoisotopic (exact) mass is 172 g/mol. The molecule has 0 aliphatic rings. The molecular weight excluding hydrogens is 164 g/mol. The van der Waals surface area contributed by atoms with E-state index >= 15 is 0 Å². The van der Waals surface area contributed by atoms with Crippen LogP contribution in [-0.4, -0.2) is 11.9 Å². The summed E-state index contributed by atoms with van der Waals surface area (Å²) < 4.78 is 0. The van der Waals surface area contributed by atoms with Gasteiger partial charge in [0.1, 0.15) is 0 Å². The van der Waals surface area contributed by atoms with Crippen LogP contribution in [0.2, 0.25) is 0 Å². The van der Waals surface area contributed by atoms with Crippen LogP contribution in [0.25, 0.3) is 0 Å². The van der Waals surface area contributed by atoms with Crippen molar-refractivity contribution in [3.63, 3.8) is 0 Å². The minimum Gasteiger partial charge on any atom is -0.366 e. The molecule has 0 amide bonds. The maximum Gasteiger partial charge on any atom is 0.290 e. The van der Waals surface area contributed by atoms with Gasteiger partial charge in [0.25, 0.3) is 5.96 Å². The summed E-state index contributed by atoms with van der Waals surface area (Å²) in [5.41, 5.74) is 5.12. The second kappa shape index (κ2) is 5.52. The lowest BCUT2D eigenvalue weighted by Crippen LogP contribution is -2.11. The molecule has 12 heavy (non-hydrogen) atoms. The van der Waals surface area contributed by atoms with Crippen LogP contribution in [0.4, 0.5) is 0 Å². The van der Waals surface area contributed by atoms with Gasteiger partial charge in [0.15, 0.2) is 0 Å². The van der Waals surface area contributed by atoms with E-state index in [0.29, 0.717) is 0 Å². The van der Waals surface area contributed by atoms with Crippen molar-refractivity contribution >= 4 is 11.9 Å². The Kier molecular flexibility index (Phi) is 4.48. The Bertz CT molecular complexity index is 232. The Morgan fingerprint density at radius 2 is 1.50 bits per heavy atom. The Labute approximate surface area is 67.1 Å². The highest BCUT2D eigenvalue weighted by Gasteiger charge is 1.94. The molecule has 0 aliphatic carbocycles. The summed E-state index contributed by atoms with van der Waals surface area (Å²) in [7, 11) is 0. The van der Waals surface area contributed by atoms with Crippen LogP contribution in [0.3, 0.4) is 0 Å². The molecule has 0 saturated carbocycles. The van der Waals surface area contributed by atoms with Crippen molar-refractivity contribution < 1.29 is 0 Å². The predicted molar refractivity (Wildman–Crippen MR) is 41.3 cm³/mol. The molecule has 10 heteroatoms. The summed E-state index contributed by atoms with van der Waals surface area (Å²) in [5, 5.41) is 15.1. The van der Waals surface area contributed by atoms with Crippen LogP contribution >= 0.6 is 0 Å². The smallest absolute Gasteiger partial charge is 0.290 e. The van der Waals surface area contributed by atoms with Crippen molar-refractivity contribution in [2.45, 2.75) is 0 Å². The zero-order chi connectivity index (χ0) is 9.40. The fraction of sp³-hybridized carbons (Fsp3) is 0. The summed E-state index contributed by atoms with van der Waals surface area (Å²) in [6.07, 6.45) is 0. The number of nitrogens with two attached hydrogens (primary N) is 4. The lowest BCUT2D eigenvalue weighted by Gasteiger charge is -1.88. The van der Waals surface area contributed by atoms with Crippen LogP contribution in [0.1, 0.15) is 0 Å². The highest BCUT2D eigenvalue weighted by Crippen LogP contribution is 1.82. The van der Waals surface area contributed by atoms with Crippen molar-refractivity contribution in [3.05, 3.63) is 0 Å². The van der Waals surface area contributed by atoms with Crippen LogP contribution in [0.15, 0.2) is 30.8 Å². The molecular formula is C2H8N10. The molecule has 0 aliphatic heterocycles. The first-order valence-corrected chi connectivity index (χ1v) is 2.58. The number of guanidine groups is 2. The molecule has 0 rings (SSSR count). The average Bonchev–Trinajstić information content (AvgIpc) is 2.04. The Morgan fingerprint density at radius 1 is 0.917 bits per heavy atom. The first-order valence-electron chi connectivity index (χ1n) is 2.58. The number of aliphatic imine (C=N–C) groups is 1. The Morgan fingerprint density at radius 3 is 1.92 bits per heavy atom. The van der Waals surface area contributed by atoms with E-state index < -0.39 is 0 Å². The first kappa shape index (κ1) is 9.74. The number of hydrogen-bond donors (Lipinski definition) is 4. The van der Waals surface area contributed by atoms with Crippen molar-refractivity contribution in [1.82, 2.24) is 0 Å². The summed E-state index contributed by atoms with van der Waals surface area (Å²) in [5.74, 6) is 13.7. The summed E-state index contributed by atoms with van der Waals surface area (Å²) in [4.78, 5) is 3.41. The first-order chi connectivity index (χ1) is 5.74. The van der Waals surface area contributed by atoms with Gasteiger partial charge >= 0.3 is 0 Å². The van der Waals surface area contributed by atoms with Crippen LogP contribution in [0.5, 0.6) is 0 Å². The van der Waals surface area contributed by atoms with E-state index in [1.165, 1.54) is 0 Å². The molecule has 0 unspecified atom stereocenters. The Balaban J connectivity index is 4.48. The van der Waals surface area contributed by atoms with E-state index in [-0.39, 0.29) is 11.9 Å². The minimum atomic E-state index is -0.255. The third-order valence-corrected chi connectivity index (χ3v) is 0.637. The second-order valence-corrected chi connectivity index (χ2v) is 1.33. The number of nitrogens with zero attached hydrogens (tertiary/aromatic N) is 6. The third-order valence-electron chi connectivity index (χ3n) is 0.637. The van der Waals surface area contributed by atoms with Crippen molar-refractivity contribution in [3.8, 4) is 0 Å². The molecule has 10 nitrogen and oxygen atoms in total. The number of hydrogen-bond acceptors (Lipinski definition) is 4. The summed E-state index contributed by atoms with van der Waals surface area (Å²) in [6, 6.07) is 0. The van der Waals surface area contributed by atoms with Gasteiger partial charge in [-0.2, -0.15) is 4.99 Å². The van der Waals surface area contributed by atoms with E-state index in [1.54, 1.807) is 0 Å². The van der Waals surface area contributed by atoms with Gasteiger partial charge in [-0.05, 0) is 0 Å². The van der Waals surface area contributed by atoms with Gasteiger partial charge in [0.05, 0.1) is 0 Å². The maximum absolute atomic E-state index is 5.12. The molecule has 0 aromatic carbocycles. The van der Waals surface area contributed by atoms with Crippen molar-refractivity contribution in [2.75, 3.05) is 0 Å². The van der Waals surface area contributed by atoms with Crippen molar-refractivity contribution in [1.29, 1.82) is 0 Å². The zero-order valence-corrected chi connectivity index (χ0v) is 5.99. The van der Waals surface area contributed by atoms with E-state index in [2.05, 4.69) is 42.5 Å². The molecule has 0 saturated heterocycles. The van der Waals surface area contributed by atoms with Crippen molar-refractivity contribution in [2.24, 2.45) is 54.0 Å². The third kappa shape index (κ3) is 3.71. The van der Waals surface area contributed by atoms with Gasteiger partial charge in [-0.1, -0.05) is 20.7 Å². The Hall–Kier alpha value is -2.26. The molecule has 66 valence electrons. The SMILES string of the molecule is NN=NC(N)=NC(N=NN)=NN. The standard InChI is InChI=1S/C2H8N10/c3-1(9-11-5)7-2(8-4)10-12-6/h4H2,(H6,3,5,6,7,8,9,10). The minimum absolute atomic E-state index is 0.234. The van der Waals surface area contributed by atoms with Crippen LogP contribution in [0, 0.1) is 0 Å². The van der Waals surface area contributed by atoms with Gasteiger partial charge < -0.3 is 23.3 Å².